The quantitative estimate of drug-likeness (QED) is 0.407. The Hall–Kier alpha value is -4.13. The second-order valence-corrected chi connectivity index (χ2v) is 6.23. The van der Waals surface area contributed by atoms with E-state index < -0.39 is 5.97 Å². The number of benzene rings is 3. The van der Waals surface area contributed by atoms with Gasteiger partial charge < -0.3 is 18.7 Å². The van der Waals surface area contributed by atoms with Crippen LogP contribution in [0.1, 0.15) is 16.2 Å². The molecule has 0 saturated heterocycles. The maximum atomic E-state index is 12.4. The summed E-state index contributed by atoms with van der Waals surface area (Å²) in [4.78, 5) is 16.7. The molecular formula is C23H18N2O5. The molecule has 30 heavy (non-hydrogen) atoms. The normalized spacial score (nSPS) is 10.4. The minimum Gasteiger partial charge on any atom is -0.496 e. The van der Waals surface area contributed by atoms with Crippen molar-refractivity contribution >= 4 is 5.97 Å². The average Bonchev–Trinajstić information content (AvgIpc) is 3.27. The van der Waals surface area contributed by atoms with Crippen LogP contribution >= 0.6 is 0 Å². The number of esters is 1. The van der Waals surface area contributed by atoms with Crippen LogP contribution in [0.2, 0.25) is 0 Å². The van der Waals surface area contributed by atoms with Crippen LogP contribution in [-0.2, 0) is 11.3 Å². The van der Waals surface area contributed by atoms with Crippen LogP contribution in [0.15, 0.2) is 83.4 Å². The highest BCUT2D eigenvalue weighted by molar-refractivity contribution is 5.89. The van der Waals surface area contributed by atoms with Gasteiger partial charge in [0.25, 0.3) is 5.89 Å². The van der Waals surface area contributed by atoms with Gasteiger partial charge in [0, 0.05) is 0 Å². The number of carbonyl (C=O) groups excluding carboxylic acids is 1. The van der Waals surface area contributed by atoms with E-state index >= 15 is 0 Å². The molecule has 0 unspecified atom stereocenters. The molecule has 4 aromatic rings. The lowest BCUT2D eigenvalue weighted by Crippen LogP contribution is -2.05. The van der Waals surface area contributed by atoms with Gasteiger partial charge in [-0.05, 0) is 42.5 Å². The van der Waals surface area contributed by atoms with Crippen molar-refractivity contribution in [3.05, 3.63) is 90.3 Å². The van der Waals surface area contributed by atoms with E-state index in [0.29, 0.717) is 34.2 Å². The first-order chi connectivity index (χ1) is 14.7. The third-order valence-corrected chi connectivity index (χ3v) is 4.19. The predicted molar refractivity (Wildman–Crippen MR) is 108 cm³/mol. The van der Waals surface area contributed by atoms with Crippen LogP contribution in [0, 0.1) is 0 Å². The van der Waals surface area contributed by atoms with Crippen molar-refractivity contribution in [1.82, 2.24) is 10.1 Å². The standard InChI is InChI=1S/C23H18N2O5/c1-27-20-13-6-5-12-19(20)22-24-21(30-25-22)15-28-23(26)16-8-7-11-18(14-16)29-17-9-3-2-4-10-17/h2-14H,15H2,1H3. The van der Waals surface area contributed by atoms with Crippen LogP contribution in [0.4, 0.5) is 0 Å². The van der Waals surface area contributed by atoms with Crippen molar-refractivity contribution < 1.29 is 23.5 Å². The fourth-order valence-electron chi connectivity index (χ4n) is 2.77. The Morgan fingerprint density at radius 2 is 1.70 bits per heavy atom. The molecule has 0 amide bonds. The van der Waals surface area contributed by atoms with Crippen molar-refractivity contribution in [1.29, 1.82) is 0 Å². The maximum absolute atomic E-state index is 12.4. The summed E-state index contributed by atoms with van der Waals surface area (Å²) in [5.41, 5.74) is 1.04. The van der Waals surface area contributed by atoms with Crippen LogP contribution < -0.4 is 9.47 Å². The van der Waals surface area contributed by atoms with Crippen LogP contribution in [-0.4, -0.2) is 23.2 Å². The van der Waals surface area contributed by atoms with Gasteiger partial charge in [0.1, 0.15) is 17.2 Å². The van der Waals surface area contributed by atoms with E-state index in [1.54, 1.807) is 37.4 Å². The number of aromatic nitrogens is 2. The Kier molecular flexibility index (Phi) is 5.70. The minimum atomic E-state index is -0.523. The van der Waals surface area contributed by atoms with E-state index in [4.69, 9.17) is 18.7 Å². The van der Waals surface area contributed by atoms with Gasteiger partial charge in [0.05, 0.1) is 18.2 Å². The fourth-order valence-corrected chi connectivity index (χ4v) is 2.77. The summed E-state index contributed by atoms with van der Waals surface area (Å²) < 4.78 is 21.5. The highest BCUT2D eigenvalue weighted by Crippen LogP contribution is 2.27. The molecule has 0 bridgehead atoms. The molecule has 150 valence electrons. The molecule has 0 saturated carbocycles. The number of ether oxygens (including phenoxy) is 3. The van der Waals surface area contributed by atoms with Gasteiger partial charge in [0.2, 0.25) is 5.82 Å². The topological polar surface area (TPSA) is 83.7 Å². The molecule has 0 radical (unpaired) electrons. The molecule has 0 fully saturated rings. The smallest absolute Gasteiger partial charge is 0.338 e. The lowest BCUT2D eigenvalue weighted by atomic mass is 10.2. The summed E-state index contributed by atoms with van der Waals surface area (Å²) in [6.07, 6.45) is 0. The molecule has 0 aliphatic rings. The summed E-state index contributed by atoms with van der Waals surface area (Å²) >= 11 is 0. The van der Waals surface area contributed by atoms with Crippen molar-refractivity contribution in [2.45, 2.75) is 6.61 Å². The molecule has 0 spiro atoms. The summed E-state index contributed by atoms with van der Waals surface area (Å²) in [6, 6.07) is 23.4. The number of para-hydroxylation sites is 2. The van der Waals surface area contributed by atoms with Gasteiger partial charge in [-0.25, -0.2) is 4.79 Å². The van der Waals surface area contributed by atoms with Gasteiger partial charge in [-0.3, -0.25) is 0 Å². The van der Waals surface area contributed by atoms with E-state index in [0.717, 1.165) is 0 Å². The zero-order valence-electron chi connectivity index (χ0n) is 16.1. The largest absolute Gasteiger partial charge is 0.496 e. The number of rotatable bonds is 7. The second kappa shape index (κ2) is 8.91. The number of carbonyl (C=O) groups is 1. The van der Waals surface area contributed by atoms with Crippen molar-refractivity contribution in [2.24, 2.45) is 0 Å². The SMILES string of the molecule is COc1ccccc1-c1noc(COC(=O)c2cccc(Oc3ccccc3)c2)n1. The summed E-state index contributed by atoms with van der Waals surface area (Å²) in [7, 11) is 1.57. The first kappa shape index (κ1) is 19.2. The van der Waals surface area contributed by atoms with Crippen molar-refractivity contribution in [3.8, 4) is 28.6 Å². The average molecular weight is 402 g/mol. The van der Waals surface area contributed by atoms with Crippen LogP contribution in [0.5, 0.6) is 17.2 Å². The Morgan fingerprint density at radius 3 is 2.53 bits per heavy atom. The molecule has 3 aromatic carbocycles. The first-order valence-electron chi connectivity index (χ1n) is 9.19. The van der Waals surface area contributed by atoms with Crippen molar-refractivity contribution in [2.75, 3.05) is 7.11 Å². The third-order valence-electron chi connectivity index (χ3n) is 4.19. The maximum Gasteiger partial charge on any atom is 0.338 e. The zero-order chi connectivity index (χ0) is 20.8. The highest BCUT2D eigenvalue weighted by atomic mass is 16.6. The summed E-state index contributed by atoms with van der Waals surface area (Å²) in [6.45, 7) is -0.148. The Morgan fingerprint density at radius 1 is 0.933 bits per heavy atom. The van der Waals surface area contributed by atoms with E-state index in [9.17, 15) is 4.79 Å². The molecule has 0 aliphatic carbocycles. The van der Waals surface area contributed by atoms with Crippen LogP contribution in [0.25, 0.3) is 11.4 Å². The second-order valence-electron chi connectivity index (χ2n) is 6.23. The lowest BCUT2D eigenvalue weighted by molar-refractivity contribution is 0.0429. The van der Waals surface area contributed by atoms with E-state index in [2.05, 4.69) is 10.1 Å². The number of hydrogen-bond acceptors (Lipinski definition) is 7. The molecular weight excluding hydrogens is 384 g/mol. The van der Waals surface area contributed by atoms with Gasteiger partial charge in [0.15, 0.2) is 6.61 Å². The van der Waals surface area contributed by atoms with Gasteiger partial charge in [-0.1, -0.05) is 41.6 Å². The van der Waals surface area contributed by atoms with E-state index in [-0.39, 0.29) is 12.5 Å². The Bertz CT molecular complexity index is 1140. The monoisotopic (exact) mass is 402 g/mol. The molecule has 0 aliphatic heterocycles. The molecule has 0 N–H and O–H groups in total. The minimum absolute atomic E-state index is 0.148. The van der Waals surface area contributed by atoms with Gasteiger partial charge >= 0.3 is 5.97 Å². The summed E-state index contributed by atoms with van der Waals surface area (Å²) in [5.74, 6) is 1.85. The van der Waals surface area contributed by atoms with Crippen LogP contribution in [0.3, 0.4) is 0 Å². The Balaban J connectivity index is 1.41. The fraction of sp³-hybridized carbons (Fsp3) is 0.0870. The molecule has 1 heterocycles. The van der Waals surface area contributed by atoms with E-state index in [1.807, 2.05) is 48.5 Å². The zero-order valence-corrected chi connectivity index (χ0v) is 16.1. The summed E-state index contributed by atoms with van der Waals surface area (Å²) in [5, 5.41) is 3.93. The van der Waals surface area contributed by atoms with Gasteiger partial charge in [-0.15, -0.1) is 0 Å². The molecule has 7 heteroatoms. The molecule has 4 rings (SSSR count). The molecule has 0 atom stereocenters. The lowest BCUT2D eigenvalue weighted by Gasteiger charge is -2.07. The third kappa shape index (κ3) is 4.47. The predicted octanol–water partition coefficient (Wildman–Crippen LogP) is 4.89. The first-order valence-corrected chi connectivity index (χ1v) is 9.19. The van der Waals surface area contributed by atoms with E-state index in [1.165, 1.54) is 0 Å². The highest BCUT2D eigenvalue weighted by Gasteiger charge is 2.15. The van der Waals surface area contributed by atoms with Gasteiger partial charge in [-0.2, -0.15) is 4.98 Å². The molecule has 7 nitrogen and oxygen atoms in total. The van der Waals surface area contributed by atoms with Crippen molar-refractivity contribution in [3.63, 3.8) is 0 Å². The molecule has 1 aromatic heterocycles. The number of methoxy groups -OCH3 is 1. The number of hydrogen-bond donors (Lipinski definition) is 0. The Labute approximate surface area is 172 Å². The number of nitrogens with zero attached hydrogens (tertiary/aromatic N) is 2.